The van der Waals surface area contributed by atoms with Crippen LogP contribution in [0.1, 0.15) is 219 Å². The van der Waals surface area contributed by atoms with E-state index in [0.29, 0.717) is 24.1 Å². The van der Waals surface area contributed by atoms with E-state index in [1.807, 2.05) is 21.1 Å². The Kier molecular flexibility index (Phi) is 38.0. The number of phosphoric ester groups is 1. The summed E-state index contributed by atoms with van der Waals surface area (Å²) >= 11 is 0. The van der Waals surface area contributed by atoms with Gasteiger partial charge in [-0.25, -0.2) is 4.57 Å². The van der Waals surface area contributed by atoms with Gasteiger partial charge in [0.2, 0.25) is 0 Å². The van der Waals surface area contributed by atoms with Crippen molar-refractivity contribution in [2.45, 2.75) is 225 Å². The van der Waals surface area contributed by atoms with Gasteiger partial charge < -0.3 is 18.9 Å². The van der Waals surface area contributed by atoms with Crippen molar-refractivity contribution >= 4 is 13.8 Å². The second-order valence-corrected chi connectivity index (χ2v) is 18.3. The number of ether oxygens (including phenoxy) is 2. The Labute approximate surface area is 329 Å². The second kappa shape index (κ2) is 38.4. The van der Waals surface area contributed by atoms with Gasteiger partial charge in [-0.1, -0.05) is 200 Å². The largest absolute Gasteiger partial charge is 0.472 e. The summed E-state index contributed by atoms with van der Waals surface area (Å²) in [5, 5.41) is 0. The average Bonchev–Trinajstić information content (AvgIpc) is 3.11. The van der Waals surface area contributed by atoms with Crippen molar-refractivity contribution in [3.05, 3.63) is 0 Å². The van der Waals surface area contributed by atoms with Crippen LogP contribution < -0.4 is 0 Å². The number of rotatable bonds is 43. The molecule has 0 aliphatic heterocycles. The summed E-state index contributed by atoms with van der Waals surface area (Å²) in [4.78, 5) is 22.8. The van der Waals surface area contributed by atoms with E-state index >= 15 is 0 Å². The lowest BCUT2D eigenvalue weighted by atomic mass is 10.0. The van der Waals surface area contributed by atoms with Gasteiger partial charge in [-0.3, -0.25) is 13.8 Å². The average molecular weight is 777 g/mol. The zero-order valence-corrected chi connectivity index (χ0v) is 36.9. The molecule has 318 valence electrons. The number of phosphoric acid groups is 1. The molecule has 2 unspecified atom stereocenters. The molecule has 0 saturated heterocycles. The highest BCUT2D eigenvalue weighted by molar-refractivity contribution is 7.47. The highest BCUT2D eigenvalue weighted by Crippen LogP contribution is 2.43. The van der Waals surface area contributed by atoms with Gasteiger partial charge in [-0.2, -0.15) is 0 Å². The number of esters is 1. The molecule has 0 aliphatic rings. The molecule has 0 spiro atoms. The number of likely N-dealkylation sites (N-methyl/N-ethyl adjacent to an activating group) is 1. The number of hydrogen-bond acceptors (Lipinski definition) is 6. The predicted octanol–water partition coefficient (Wildman–Crippen LogP) is 13.3. The fourth-order valence-corrected chi connectivity index (χ4v) is 7.35. The molecule has 9 heteroatoms. The smallest absolute Gasteiger partial charge is 0.457 e. The van der Waals surface area contributed by atoms with Crippen LogP contribution in [0.4, 0.5) is 0 Å². The maximum Gasteiger partial charge on any atom is 0.472 e. The molecule has 0 aromatic heterocycles. The maximum atomic E-state index is 12.6. The fourth-order valence-electron chi connectivity index (χ4n) is 6.61. The van der Waals surface area contributed by atoms with Gasteiger partial charge in [-0.15, -0.1) is 0 Å². The number of hydrogen-bond donors (Lipinski definition) is 1. The number of carbonyl (C=O) groups is 1. The number of unbranched alkanes of at least 4 members (excludes halogenated alkanes) is 29. The molecule has 1 N–H and O–H groups in total. The van der Waals surface area contributed by atoms with Crippen LogP contribution >= 0.6 is 7.82 Å². The molecule has 0 aromatic carbocycles. The highest BCUT2D eigenvalue weighted by atomic mass is 31.2. The Balaban J connectivity index is 3.93. The minimum Gasteiger partial charge on any atom is -0.457 e. The van der Waals surface area contributed by atoms with E-state index in [1.54, 1.807) is 0 Å². The molecule has 0 aliphatic carbocycles. The third-order valence-corrected chi connectivity index (χ3v) is 11.2. The molecule has 0 bridgehead atoms. The summed E-state index contributed by atoms with van der Waals surface area (Å²) in [6, 6.07) is 0. The first-order valence-corrected chi connectivity index (χ1v) is 24.3. The molecule has 0 aromatic rings. The van der Waals surface area contributed by atoms with Gasteiger partial charge in [0.05, 0.1) is 34.4 Å². The standard InChI is InChI=1S/C44H90NO7P/c1-6-8-10-12-14-15-16-17-18-19-20-21-22-23-24-25-26-27-28-29-30-31-33-35-37-44(46)52-43(41-49-39-36-34-32-13-11-9-7-2)42-51-53(47,48)50-40-38-45(3,4)5/h43H,6-42H2,1-5H3/p+1. The monoisotopic (exact) mass is 777 g/mol. The Hall–Kier alpha value is -0.500. The minimum atomic E-state index is -4.26. The van der Waals surface area contributed by atoms with Gasteiger partial charge in [0.1, 0.15) is 19.3 Å². The van der Waals surface area contributed by atoms with Crippen molar-refractivity contribution in [2.75, 3.05) is 54.1 Å². The van der Waals surface area contributed by atoms with Crippen LogP contribution in [0.2, 0.25) is 0 Å². The molecule has 0 amide bonds. The molecular formula is C44H91NO7P+. The van der Waals surface area contributed by atoms with Crippen molar-refractivity contribution in [3.8, 4) is 0 Å². The van der Waals surface area contributed by atoms with Gasteiger partial charge in [0.15, 0.2) is 0 Å². The van der Waals surface area contributed by atoms with E-state index in [0.717, 1.165) is 32.1 Å². The quantitative estimate of drug-likeness (QED) is 0.0285. The molecule has 2 atom stereocenters. The molecule has 8 nitrogen and oxygen atoms in total. The zero-order valence-electron chi connectivity index (χ0n) is 36.0. The van der Waals surface area contributed by atoms with E-state index in [4.69, 9.17) is 18.5 Å². The lowest BCUT2D eigenvalue weighted by Crippen LogP contribution is -2.37. The van der Waals surface area contributed by atoms with Crippen LogP contribution in [0.25, 0.3) is 0 Å². The number of carbonyl (C=O) groups excluding carboxylic acids is 1. The van der Waals surface area contributed by atoms with E-state index in [-0.39, 0.29) is 25.8 Å². The van der Waals surface area contributed by atoms with Crippen molar-refractivity contribution in [2.24, 2.45) is 0 Å². The van der Waals surface area contributed by atoms with Crippen LogP contribution in [0.5, 0.6) is 0 Å². The Morgan fingerprint density at radius 2 is 0.868 bits per heavy atom. The molecule has 0 saturated carbocycles. The molecule has 53 heavy (non-hydrogen) atoms. The highest BCUT2D eigenvalue weighted by Gasteiger charge is 2.26. The first-order valence-electron chi connectivity index (χ1n) is 22.8. The van der Waals surface area contributed by atoms with Crippen LogP contribution in [0, 0.1) is 0 Å². The Morgan fingerprint density at radius 1 is 0.509 bits per heavy atom. The molecule has 0 radical (unpaired) electrons. The lowest BCUT2D eigenvalue weighted by Gasteiger charge is -2.24. The normalized spacial score (nSPS) is 13.7. The minimum absolute atomic E-state index is 0.0933. The first-order chi connectivity index (χ1) is 25.6. The summed E-state index contributed by atoms with van der Waals surface area (Å²) in [5.41, 5.74) is 0. The van der Waals surface area contributed by atoms with Gasteiger partial charge in [-0.05, 0) is 12.8 Å². The lowest BCUT2D eigenvalue weighted by molar-refractivity contribution is -0.870. The fraction of sp³-hybridized carbons (Fsp3) is 0.977. The molecular weight excluding hydrogens is 685 g/mol. The number of quaternary nitrogens is 1. The Bertz CT molecular complexity index is 822. The summed E-state index contributed by atoms with van der Waals surface area (Å²) in [7, 11) is 1.68. The first kappa shape index (κ1) is 52.5. The Morgan fingerprint density at radius 3 is 1.25 bits per heavy atom. The molecule has 0 rings (SSSR count). The zero-order chi connectivity index (χ0) is 39.1. The summed E-state index contributed by atoms with van der Waals surface area (Å²) in [6.07, 6.45) is 40.2. The molecule has 0 fully saturated rings. The van der Waals surface area contributed by atoms with Crippen LogP contribution in [0.15, 0.2) is 0 Å². The number of nitrogens with zero attached hydrogens (tertiary/aromatic N) is 1. The molecule has 0 heterocycles. The van der Waals surface area contributed by atoms with E-state index in [2.05, 4.69) is 13.8 Å². The van der Waals surface area contributed by atoms with Crippen molar-refractivity contribution < 1.29 is 37.3 Å². The second-order valence-electron chi connectivity index (χ2n) is 16.8. The van der Waals surface area contributed by atoms with E-state index < -0.39 is 13.9 Å². The third-order valence-electron chi connectivity index (χ3n) is 10.2. The van der Waals surface area contributed by atoms with Gasteiger partial charge in [0.25, 0.3) is 0 Å². The maximum absolute atomic E-state index is 12.6. The SMILES string of the molecule is CCCCCCCCCCCCCCCCCCCCCCCCCCC(=O)OC(COCCCCCCCCC)COP(=O)(O)OCC[N+](C)(C)C. The van der Waals surface area contributed by atoms with Crippen molar-refractivity contribution in [1.82, 2.24) is 0 Å². The summed E-state index contributed by atoms with van der Waals surface area (Å²) in [5.74, 6) is -0.310. The summed E-state index contributed by atoms with van der Waals surface area (Å²) in [6.45, 7) is 5.64. The van der Waals surface area contributed by atoms with Crippen LogP contribution in [-0.4, -0.2) is 75.6 Å². The van der Waals surface area contributed by atoms with Crippen molar-refractivity contribution in [1.29, 1.82) is 0 Å². The van der Waals surface area contributed by atoms with Crippen molar-refractivity contribution in [3.63, 3.8) is 0 Å². The van der Waals surface area contributed by atoms with Crippen LogP contribution in [0.3, 0.4) is 0 Å². The predicted molar refractivity (Wildman–Crippen MR) is 224 cm³/mol. The van der Waals surface area contributed by atoms with Gasteiger partial charge in [0, 0.05) is 13.0 Å². The van der Waals surface area contributed by atoms with Gasteiger partial charge >= 0.3 is 13.8 Å². The van der Waals surface area contributed by atoms with E-state index in [9.17, 15) is 14.3 Å². The summed E-state index contributed by atoms with van der Waals surface area (Å²) < 4.78 is 34.8. The van der Waals surface area contributed by atoms with E-state index in [1.165, 1.54) is 167 Å². The third kappa shape index (κ3) is 42.5. The van der Waals surface area contributed by atoms with Crippen LogP contribution in [-0.2, 0) is 27.9 Å². The topological polar surface area (TPSA) is 91.3 Å².